The third kappa shape index (κ3) is 4.62. The molecule has 2 heterocycles. The molecule has 1 saturated heterocycles. The Bertz CT molecular complexity index is 737. The van der Waals surface area contributed by atoms with Crippen LogP contribution in [0.15, 0.2) is 29.3 Å². The van der Waals surface area contributed by atoms with Crippen LogP contribution in [0, 0.1) is 0 Å². The van der Waals surface area contributed by atoms with E-state index in [4.69, 9.17) is 4.74 Å². The molecule has 0 unspecified atom stereocenters. The Balaban J connectivity index is 1.41. The van der Waals surface area contributed by atoms with E-state index < -0.39 is 5.54 Å². The van der Waals surface area contributed by atoms with E-state index in [1.165, 1.54) is 0 Å². The van der Waals surface area contributed by atoms with Crippen molar-refractivity contribution in [3.05, 3.63) is 29.8 Å². The van der Waals surface area contributed by atoms with Gasteiger partial charge in [-0.25, -0.2) is 4.99 Å². The molecular formula is C20H29N5O3. The van der Waals surface area contributed by atoms with Crippen molar-refractivity contribution in [3.63, 3.8) is 0 Å². The molecule has 0 aliphatic carbocycles. The molecular weight excluding hydrogens is 358 g/mol. The van der Waals surface area contributed by atoms with Gasteiger partial charge in [0.05, 0.1) is 13.7 Å². The highest BCUT2D eigenvalue weighted by atomic mass is 16.5. The first-order valence-electron chi connectivity index (χ1n) is 9.62. The molecule has 0 radical (unpaired) electrons. The zero-order valence-electron chi connectivity index (χ0n) is 16.8. The fraction of sp³-hybridized carbons (Fsp3) is 0.550. The minimum absolute atomic E-state index is 0.0119. The molecule has 8 heteroatoms. The molecule has 3 rings (SSSR count). The van der Waals surface area contributed by atoms with Crippen LogP contribution in [0.4, 0.5) is 0 Å². The average Bonchev–Trinajstić information content (AvgIpc) is 3.01. The first-order chi connectivity index (χ1) is 13.4. The van der Waals surface area contributed by atoms with Crippen LogP contribution in [-0.2, 0) is 16.0 Å². The molecule has 8 nitrogen and oxygen atoms in total. The minimum atomic E-state index is -0.666. The Hall–Kier alpha value is -2.61. The molecule has 2 N–H and O–H groups in total. The smallest absolute Gasteiger partial charge is 0.254 e. The molecule has 1 aromatic carbocycles. The van der Waals surface area contributed by atoms with Crippen molar-refractivity contribution >= 4 is 17.8 Å². The molecule has 1 spiro atoms. The maximum atomic E-state index is 12.4. The molecule has 2 aliphatic heterocycles. The number of hydrogen-bond acceptors (Lipinski definition) is 6. The van der Waals surface area contributed by atoms with Crippen LogP contribution < -0.4 is 15.4 Å². The van der Waals surface area contributed by atoms with E-state index >= 15 is 0 Å². The first-order valence-corrected chi connectivity index (χ1v) is 9.62. The van der Waals surface area contributed by atoms with Gasteiger partial charge in [-0.2, -0.15) is 0 Å². The minimum Gasteiger partial charge on any atom is -0.497 e. The van der Waals surface area contributed by atoms with Crippen LogP contribution in [0.25, 0.3) is 0 Å². The van der Waals surface area contributed by atoms with Crippen LogP contribution in [-0.4, -0.2) is 80.5 Å². The van der Waals surface area contributed by atoms with Gasteiger partial charge in [-0.1, -0.05) is 12.1 Å². The van der Waals surface area contributed by atoms with E-state index in [1.54, 1.807) is 7.11 Å². The van der Waals surface area contributed by atoms with E-state index in [1.807, 2.05) is 43.3 Å². The number of guanidine groups is 1. The second-order valence-corrected chi connectivity index (χ2v) is 7.54. The number of methoxy groups -OCH3 is 1. The lowest BCUT2D eigenvalue weighted by Crippen LogP contribution is -2.51. The van der Waals surface area contributed by atoms with Gasteiger partial charge in [0, 0.05) is 33.7 Å². The Morgan fingerprint density at radius 1 is 1.29 bits per heavy atom. The van der Waals surface area contributed by atoms with Crippen molar-refractivity contribution in [2.45, 2.75) is 24.8 Å². The molecule has 0 atom stereocenters. The number of rotatable bonds is 6. The van der Waals surface area contributed by atoms with Crippen molar-refractivity contribution in [1.29, 1.82) is 0 Å². The van der Waals surface area contributed by atoms with E-state index in [0.717, 1.165) is 17.7 Å². The second-order valence-electron chi connectivity index (χ2n) is 7.54. The monoisotopic (exact) mass is 387 g/mol. The third-order valence-electron chi connectivity index (χ3n) is 5.34. The SMILES string of the molecule is COc1ccc(CCNC(=O)CN2CCC3(CC2)N=C(N(C)C)NC3=O)cc1. The summed E-state index contributed by atoms with van der Waals surface area (Å²) in [7, 11) is 5.37. The number of aliphatic imine (C=N–C) groups is 1. The number of benzene rings is 1. The summed E-state index contributed by atoms with van der Waals surface area (Å²) in [5.74, 6) is 1.43. The van der Waals surface area contributed by atoms with Gasteiger partial charge in [0.1, 0.15) is 11.3 Å². The van der Waals surface area contributed by atoms with Crippen LogP contribution in [0.2, 0.25) is 0 Å². The predicted molar refractivity (Wildman–Crippen MR) is 107 cm³/mol. The van der Waals surface area contributed by atoms with E-state index in [-0.39, 0.29) is 11.8 Å². The van der Waals surface area contributed by atoms with Crippen LogP contribution in [0.3, 0.4) is 0 Å². The van der Waals surface area contributed by atoms with Gasteiger partial charge in [-0.05, 0) is 37.0 Å². The summed E-state index contributed by atoms with van der Waals surface area (Å²) in [6, 6.07) is 7.85. The summed E-state index contributed by atoms with van der Waals surface area (Å²) in [4.78, 5) is 33.1. The number of piperidine rings is 1. The normalized spacial score (nSPS) is 18.5. The third-order valence-corrected chi connectivity index (χ3v) is 5.34. The zero-order valence-corrected chi connectivity index (χ0v) is 16.8. The predicted octanol–water partition coefficient (Wildman–Crippen LogP) is 0.236. The summed E-state index contributed by atoms with van der Waals surface area (Å²) in [5.41, 5.74) is 0.490. The van der Waals surface area contributed by atoms with Gasteiger partial charge in [0.2, 0.25) is 11.9 Å². The highest BCUT2D eigenvalue weighted by Gasteiger charge is 2.46. The average molecular weight is 387 g/mol. The maximum Gasteiger partial charge on any atom is 0.254 e. The molecule has 0 saturated carbocycles. The Labute approximate surface area is 165 Å². The van der Waals surface area contributed by atoms with Gasteiger partial charge in [0.15, 0.2) is 0 Å². The summed E-state index contributed by atoms with van der Waals surface area (Å²) in [5, 5.41) is 5.82. The van der Waals surface area contributed by atoms with Crippen molar-refractivity contribution in [3.8, 4) is 5.75 Å². The molecule has 28 heavy (non-hydrogen) atoms. The Morgan fingerprint density at radius 3 is 2.54 bits per heavy atom. The number of likely N-dealkylation sites (tertiary alicyclic amines) is 1. The summed E-state index contributed by atoms with van der Waals surface area (Å²) < 4.78 is 5.14. The lowest BCUT2D eigenvalue weighted by Gasteiger charge is -2.34. The van der Waals surface area contributed by atoms with Gasteiger partial charge in [-0.3, -0.25) is 19.8 Å². The number of nitrogens with zero attached hydrogens (tertiary/aromatic N) is 3. The lowest BCUT2D eigenvalue weighted by atomic mass is 9.88. The van der Waals surface area contributed by atoms with E-state index in [9.17, 15) is 9.59 Å². The van der Waals surface area contributed by atoms with E-state index in [0.29, 0.717) is 45.0 Å². The summed E-state index contributed by atoms with van der Waals surface area (Å²) >= 11 is 0. The summed E-state index contributed by atoms with van der Waals surface area (Å²) in [6.07, 6.45) is 2.05. The summed E-state index contributed by atoms with van der Waals surface area (Å²) in [6.45, 7) is 2.32. The number of hydrogen-bond donors (Lipinski definition) is 2. The van der Waals surface area contributed by atoms with Crippen LogP contribution in [0.5, 0.6) is 5.75 Å². The van der Waals surface area contributed by atoms with Crippen LogP contribution >= 0.6 is 0 Å². The highest BCUT2D eigenvalue weighted by Crippen LogP contribution is 2.30. The molecule has 0 bridgehead atoms. The molecule has 2 aliphatic rings. The molecule has 1 fully saturated rings. The maximum absolute atomic E-state index is 12.4. The molecule has 2 amide bonds. The van der Waals surface area contributed by atoms with E-state index in [2.05, 4.69) is 20.5 Å². The van der Waals surface area contributed by atoms with Gasteiger partial charge < -0.3 is 15.0 Å². The number of amides is 2. The largest absolute Gasteiger partial charge is 0.497 e. The quantitative estimate of drug-likeness (QED) is 0.730. The number of carbonyl (C=O) groups excluding carboxylic acids is 2. The standard InChI is InChI=1S/C20H29N5O3/c1-24(2)19-22-18(27)20(23-19)9-12-25(13-10-20)14-17(26)21-11-8-15-4-6-16(28-3)7-5-15/h4-7H,8-14H2,1-3H3,(H,21,26)(H,22,23,27). The van der Waals surface area contributed by atoms with Gasteiger partial charge in [-0.15, -0.1) is 0 Å². The number of ether oxygens (including phenoxy) is 1. The Morgan fingerprint density at radius 2 is 1.96 bits per heavy atom. The lowest BCUT2D eigenvalue weighted by molar-refractivity contribution is -0.126. The van der Waals surface area contributed by atoms with Crippen LogP contribution in [0.1, 0.15) is 18.4 Å². The number of nitrogens with one attached hydrogen (secondary N) is 2. The topological polar surface area (TPSA) is 86.3 Å². The fourth-order valence-electron chi connectivity index (χ4n) is 3.53. The van der Waals surface area contributed by atoms with Crippen molar-refractivity contribution in [1.82, 2.24) is 20.4 Å². The van der Waals surface area contributed by atoms with Crippen molar-refractivity contribution < 1.29 is 14.3 Å². The fourth-order valence-corrected chi connectivity index (χ4v) is 3.53. The molecule has 152 valence electrons. The highest BCUT2D eigenvalue weighted by molar-refractivity contribution is 6.07. The van der Waals surface area contributed by atoms with Crippen molar-refractivity contribution in [2.24, 2.45) is 4.99 Å². The molecule has 1 aromatic rings. The molecule has 0 aromatic heterocycles. The zero-order chi connectivity index (χ0) is 20.1. The number of carbonyl (C=O) groups is 2. The first kappa shape index (κ1) is 20.1. The van der Waals surface area contributed by atoms with Crippen molar-refractivity contribution in [2.75, 3.05) is 47.4 Å². The van der Waals surface area contributed by atoms with Gasteiger partial charge >= 0.3 is 0 Å². The second kappa shape index (κ2) is 8.60. The van der Waals surface area contributed by atoms with Gasteiger partial charge in [0.25, 0.3) is 5.91 Å². The Kier molecular flexibility index (Phi) is 6.18.